The van der Waals surface area contributed by atoms with Crippen LogP contribution in [0.4, 0.5) is 5.69 Å². The summed E-state index contributed by atoms with van der Waals surface area (Å²) in [7, 11) is 2.10. The summed E-state index contributed by atoms with van der Waals surface area (Å²) in [5.41, 5.74) is 9.78. The third-order valence-corrected chi connectivity index (χ3v) is 3.65. The minimum absolute atomic E-state index is 0.165. The fraction of sp³-hybridized carbons (Fsp3) is 0.500. The van der Waals surface area contributed by atoms with Gasteiger partial charge in [0.25, 0.3) is 0 Å². The molecular weight excluding hydrogens is 208 g/mol. The molecule has 1 aliphatic heterocycles. The molecule has 3 heteroatoms. The molecule has 0 amide bonds. The second-order valence-electron chi connectivity index (χ2n) is 4.43. The Bertz CT molecular complexity index is 387. The number of fused-ring (bicyclic) bond motifs is 1. The fourth-order valence-corrected chi connectivity index (χ4v) is 2.69. The molecule has 0 aromatic heterocycles. The van der Waals surface area contributed by atoms with Crippen LogP contribution >= 0.6 is 11.6 Å². The van der Waals surface area contributed by atoms with Crippen molar-refractivity contribution in [3.05, 3.63) is 28.3 Å². The molecule has 0 aliphatic carbocycles. The van der Waals surface area contributed by atoms with E-state index in [2.05, 4.69) is 31.9 Å². The second kappa shape index (κ2) is 3.69. The molecule has 0 spiro atoms. The summed E-state index contributed by atoms with van der Waals surface area (Å²) < 4.78 is 0. The smallest absolute Gasteiger partial charge is 0.0476 e. The zero-order valence-electron chi connectivity index (χ0n) is 9.42. The van der Waals surface area contributed by atoms with E-state index in [-0.39, 0.29) is 6.04 Å². The number of hydrogen-bond acceptors (Lipinski definition) is 2. The topological polar surface area (TPSA) is 29.3 Å². The SMILES string of the molecule is Cc1ccc(Cl)c2c1N(C)C(C(C)N)C2. The van der Waals surface area contributed by atoms with Crippen LogP contribution in [0.2, 0.25) is 5.02 Å². The Balaban J connectivity index is 2.49. The molecule has 2 N–H and O–H groups in total. The van der Waals surface area contributed by atoms with E-state index < -0.39 is 0 Å². The van der Waals surface area contributed by atoms with E-state index in [1.165, 1.54) is 16.8 Å². The van der Waals surface area contributed by atoms with E-state index in [1.54, 1.807) is 0 Å². The number of nitrogens with zero attached hydrogens (tertiary/aromatic N) is 1. The first-order valence-electron chi connectivity index (χ1n) is 5.28. The Morgan fingerprint density at radius 2 is 2.20 bits per heavy atom. The number of nitrogens with two attached hydrogens (primary N) is 1. The number of benzene rings is 1. The molecule has 0 saturated heterocycles. The van der Waals surface area contributed by atoms with Crippen LogP contribution in [0.3, 0.4) is 0 Å². The maximum absolute atomic E-state index is 6.21. The van der Waals surface area contributed by atoms with E-state index in [0.717, 1.165) is 11.4 Å². The summed E-state index contributed by atoms with van der Waals surface area (Å²) >= 11 is 6.21. The molecule has 2 nitrogen and oxygen atoms in total. The zero-order chi connectivity index (χ0) is 11.2. The van der Waals surface area contributed by atoms with Crippen molar-refractivity contribution < 1.29 is 0 Å². The highest BCUT2D eigenvalue weighted by Gasteiger charge is 2.31. The first-order valence-corrected chi connectivity index (χ1v) is 5.66. The minimum atomic E-state index is 0.165. The molecule has 82 valence electrons. The van der Waals surface area contributed by atoms with Crippen molar-refractivity contribution in [1.29, 1.82) is 0 Å². The Labute approximate surface area is 96.0 Å². The highest BCUT2D eigenvalue weighted by Crippen LogP contribution is 2.38. The molecule has 0 bridgehead atoms. The van der Waals surface area contributed by atoms with Crippen molar-refractivity contribution in [2.75, 3.05) is 11.9 Å². The number of hydrogen-bond donors (Lipinski definition) is 1. The number of anilines is 1. The van der Waals surface area contributed by atoms with Gasteiger partial charge in [0.1, 0.15) is 0 Å². The maximum Gasteiger partial charge on any atom is 0.0476 e. The minimum Gasteiger partial charge on any atom is -0.369 e. The van der Waals surface area contributed by atoms with E-state index in [9.17, 15) is 0 Å². The predicted molar refractivity (Wildman–Crippen MR) is 65.7 cm³/mol. The Hall–Kier alpha value is -0.730. The molecular formula is C12H17ClN2. The molecule has 0 radical (unpaired) electrons. The summed E-state index contributed by atoms with van der Waals surface area (Å²) in [6.45, 7) is 4.17. The van der Waals surface area contributed by atoms with Gasteiger partial charge in [-0.1, -0.05) is 17.7 Å². The lowest BCUT2D eigenvalue weighted by atomic mass is 10.0. The fourth-order valence-electron chi connectivity index (χ4n) is 2.46. The highest BCUT2D eigenvalue weighted by atomic mass is 35.5. The Morgan fingerprint density at radius 1 is 1.53 bits per heavy atom. The molecule has 15 heavy (non-hydrogen) atoms. The van der Waals surface area contributed by atoms with Crippen molar-refractivity contribution in [2.24, 2.45) is 5.73 Å². The third-order valence-electron chi connectivity index (χ3n) is 3.30. The van der Waals surface area contributed by atoms with E-state index in [4.69, 9.17) is 17.3 Å². The zero-order valence-corrected chi connectivity index (χ0v) is 10.2. The van der Waals surface area contributed by atoms with Gasteiger partial charge in [0.2, 0.25) is 0 Å². The Morgan fingerprint density at radius 3 is 2.73 bits per heavy atom. The van der Waals surface area contributed by atoms with Crippen LogP contribution in [0.25, 0.3) is 0 Å². The first-order chi connectivity index (χ1) is 7.02. The Kier molecular flexibility index (Phi) is 2.65. The summed E-state index contributed by atoms with van der Waals surface area (Å²) in [5, 5.41) is 0.866. The van der Waals surface area contributed by atoms with Gasteiger partial charge in [-0.25, -0.2) is 0 Å². The summed E-state index contributed by atoms with van der Waals surface area (Å²) in [4.78, 5) is 2.27. The molecule has 0 saturated carbocycles. The van der Waals surface area contributed by atoms with Crippen molar-refractivity contribution in [1.82, 2.24) is 0 Å². The predicted octanol–water partition coefficient (Wildman–Crippen LogP) is 2.36. The van der Waals surface area contributed by atoms with E-state index in [1.807, 2.05) is 6.07 Å². The maximum atomic E-state index is 6.21. The molecule has 1 heterocycles. The largest absolute Gasteiger partial charge is 0.369 e. The van der Waals surface area contributed by atoms with Gasteiger partial charge in [-0.3, -0.25) is 0 Å². The van der Waals surface area contributed by atoms with Crippen LogP contribution in [0.1, 0.15) is 18.1 Å². The molecule has 1 aromatic rings. The summed E-state index contributed by atoms with van der Waals surface area (Å²) in [6, 6.07) is 4.59. The van der Waals surface area contributed by atoms with Crippen LogP contribution < -0.4 is 10.6 Å². The lowest BCUT2D eigenvalue weighted by Gasteiger charge is -2.26. The van der Waals surface area contributed by atoms with Crippen LogP contribution in [0.15, 0.2) is 12.1 Å². The van der Waals surface area contributed by atoms with E-state index >= 15 is 0 Å². The summed E-state index contributed by atoms with van der Waals surface area (Å²) in [6.07, 6.45) is 0.962. The highest BCUT2D eigenvalue weighted by molar-refractivity contribution is 6.32. The first kappa shape index (κ1) is 10.8. The van der Waals surface area contributed by atoms with Crippen molar-refractivity contribution >= 4 is 17.3 Å². The lowest BCUT2D eigenvalue weighted by Crippen LogP contribution is -2.42. The molecule has 2 atom stereocenters. The second-order valence-corrected chi connectivity index (χ2v) is 4.84. The van der Waals surface area contributed by atoms with Crippen molar-refractivity contribution in [3.8, 4) is 0 Å². The van der Waals surface area contributed by atoms with Crippen molar-refractivity contribution in [3.63, 3.8) is 0 Å². The van der Waals surface area contributed by atoms with Gasteiger partial charge in [-0.15, -0.1) is 0 Å². The summed E-state index contributed by atoms with van der Waals surface area (Å²) in [5.74, 6) is 0. The lowest BCUT2D eigenvalue weighted by molar-refractivity contribution is 0.556. The van der Waals surface area contributed by atoms with Gasteiger partial charge in [-0.2, -0.15) is 0 Å². The van der Waals surface area contributed by atoms with Crippen molar-refractivity contribution in [2.45, 2.75) is 32.4 Å². The van der Waals surface area contributed by atoms with Gasteiger partial charge in [0.05, 0.1) is 0 Å². The third kappa shape index (κ3) is 1.62. The molecule has 1 aliphatic rings. The normalized spacial score (nSPS) is 21.7. The van der Waals surface area contributed by atoms with Gasteiger partial charge >= 0.3 is 0 Å². The monoisotopic (exact) mass is 224 g/mol. The van der Waals surface area contributed by atoms with Crippen LogP contribution in [-0.4, -0.2) is 19.1 Å². The number of likely N-dealkylation sites (N-methyl/N-ethyl adjacent to an activating group) is 1. The molecule has 2 unspecified atom stereocenters. The number of aryl methyl sites for hydroxylation is 1. The van der Waals surface area contributed by atoms with Crippen LogP contribution in [-0.2, 0) is 6.42 Å². The number of rotatable bonds is 1. The van der Waals surface area contributed by atoms with E-state index in [0.29, 0.717) is 6.04 Å². The van der Waals surface area contributed by atoms with Crippen LogP contribution in [0, 0.1) is 6.92 Å². The van der Waals surface area contributed by atoms with Gasteiger partial charge < -0.3 is 10.6 Å². The van der Waals surface area contributed by atoms with Crippen LogP contribution in [0.5, 0.6) is 0 Å². The average molecular weight is 225 g/mol. The molecule has 1 aromatic carbocycles. The van der Waals surface area contributed by atoms with Gasteiger partial charge in [0.15, 0.2) is 0 Å². The van der Waals surface area contributed by atoms with Gasteiger partial charge in [0, 0.05) is 29.8 Å². The quantitative estimate of drug-likeness (QED) is 0.794. The number of halogens is 1. The average Bonchev–Trinajstić information content (AvgIpc) is 2.51. The molecule has 2 rings (SSSR count). The van der Waals surface area contributed by atoms with Gasteiger partial charge in [-0.05, 0) is 37.5 Å². The standard InChI is InChI=1S/C12H17ClN2/c1-7-4-5-10(13)9-6-11(8(2)14)15(3)12(7)9/h4-5,8,11H,6,14H2,1-3H3. The molecule has 0 fully saturated rings.